The van der Waals surface area contributed by atoms with E-state index in [1.54, 1.807) is 6.07 Å². The van der Waals surface area contributed by atoms with E-state index in [2.05, 4.69) is 0 Å². The number of nitrogen functional groups attached to an aromatic ring is 1. The second-order valence-electron chi connectivity index (χ2n) is 4.22. The molecule has 19 heavy (non-hydrogen) atoms. The average molecular weight is 269 g/mol. The molecule has 0 bridgehead atoms. The molecular weight excluding hydrogens is 258 g/mol. The van der Waals surface area contributed by atoms with Gasteiger partial charge in [-0.25, -0.2) is 4.39 Å². The fraction of sp³-hybridized carbons (Fsp3) is 0.143. The summed E-state index contributed by atoms with van der Waals surface area (Å²) in [6.07, 6.45) is -4.25. The molecule has 5 heteroatoms. The zero-order chi connectivity index (χ0) is 14.0. The van der Waals surface area contributed by atoms with Gasteiger partial charge in [0.15, 0.2) is 0 Å². The summed E-state index contributed by atoms with van der Waals surface area (Å²) < 4.78 is 50.8. The third-order valence-corrected chi connectivity index (χ3v) is 2.75. The van der Waals surface area contributed by atoms with Gasteiger partial charge in [-0.1, -0.05) is 12.1 Å². The minimum atomic E-state index is -4.41. The predicted molar refractivity (Wildman–Crippen MR) is 65.1 cm³/mol. The highest BCUT2D eigenvalue weighted by atomic mass is 19.4. The van der Waals surface area contributed by atoms with Crippen molar-refractivity contribution < 1.29 is 17.6 Å². The Hall–Kier alpha value is -2.04. The maximum atomic E-state index is 13.0. The Morgan fingerprint density at radius 3 is 2.37 bits per heavy atom. The Morgan fingerprint density at radius 2 is 1.74 bits per heavy atom. The Kier molecular flexibility index (Phi) is 3.46. The van der Waals surface area contributed by atoms with E-state index < -0.39 is 17.6 Å². The number of hydrogen-bond acceptors (Lipinski definition) is 1. The molecule has 2 rings (SSSR count). The van der Waals surface area contributed by atoms with Crippen LogP contribution in [0.2, 0.25) is 0 Å². The van der Waals surface area contributed by atoms with Gasteiger partial charge in [-0.2, -0.15) is 13.2 Å². The van der Waals surface area contributed by atoms with Crippen molar-refractivity contribution in [1.82, 2.24) is 0 Å². The SMILES string of the molecule is Nc1ccc(C(F)(F)F)cc1Cc1cccc(F)c1. The number of alkyl halides is 3. The van der Waals surface area contributed by atoms with Gasteiger partial charge < -0.3 is 5.73 Å². The van der Waals surface area contributed by atoms with Gasteiger partial charge in [0.25, 0.3) is 0 Å². The number of nitrogens with two attached hydrogens (primary N) is 1. The van der Waals surface area contributed by atoms with Crippen LogP contribution in [0.5, 0.6) is 0 Å². The van der Waals surface area contributed by atoms with Crippen LogP contribution < -0.4 is 5.73 Å². The highest BCUT2D eigenvalue weighted by Gasteiger charge is 2.30. The van der Waals surface area contributed by atoms with E-state index in [0.29, 0.717) is 11.1 Å². The van der Waals surface area contributed by atoms with Crippen LogP contribution in [0.4, 0.5) is 23.2 Å². The lowest BCUT2D eigenvalue weighted by atomic mass is 10.0. The van der Waals surface area contributed by atoms with Crippen molar-refractivity contribution in [2.75, 3.05) is 5.73 Å². The lowest BCUT2D eigenvalue weighted by Crippen LogP contribution is -2.07. The maximum absolute atomic E-state index is 13.0. The number of halogens is 4. The molecule has 100 valence electrons. The predicted octanol–water partition coefficient (Wildman–Crippen LogP) is 4.02. The van der Waals surface area contributed by atoms with Crippen LogP contribution in [-0.4, -0.2) is 0 Å². The Labute approximate surface area is 107 Å². The lowest BCUT2D eigenvalue weighted by Gasteiger charge is -2.11. The van der Waals surface area contributed by atoms with Crippen molar-refractivity contribution in [2.45, 2.75) is 12.6 Å². The van der Waals surface area contributed by atoms with Gasteiger partial charge in [-0.3, -0.25) is 0 Å². The van der Waals surface area contributed by atoms with Crippen LogP contribution in [0.25, 0.3) is 0 Å². The van der Waals surface area contributed by atoms with Crippen LogP contribution in [0.3, 0.4) is 0 Å². The molecule has 0 aliphatic heterocycles. The second-order valence-corrected chi connectivity index (χ2v) is 4.22. The molecule has 2 aromatic carbocycles. The summed E-state index contributed by atoms with van der Waals surface area (Å²) in [6, 6.07) is 8.86. The molecule has 0 saturated carbocycles. The monoisotopic (exact) mass is 269 g/mol. The van der Waals surface area contributed by atoms with Crippen molar-refractivity contribution in [1.29, 1.82) is 0 Å². The first-order valence-corrected chi connectivity index (χ1v) is 5.56. The molecule has 0 aliphatic carbocycles. The normalized spacial score (nSPS) is 11.6. The first-order valence-electron chi connectivity index (χ1n) is 5.56. The lowest BCUT2D eigenvalue weighted by molar-refractivity contribution is -0.137. The molecule has 1 nitrogen and oxygen atoms in total. The Balaban J connectivity index is 2.34. The van der Waals surface area contributed by atoms with E-state index >= 15 is 0 Å². The number of anilines is 1. The molecule has 0 spiro atoms. The summed E-state index contributed by atoms with van der Waals surface area (Å²) in [6.45, 7) is 0. The standard InChI is InChI=1S/C14H11F4N/c15-12-3-1-2-9(7-12)6-10-8-11(14(16,17)18)4-5-13(10)19/h1-5,7-8H,6,19H2. The largest absolute Gasteiger partial charge is 0.416 e. The van der Waals surface area contributed by atoms with Crippen molar-refractivity contribution in [3.05, 3.63) is 65.0 Å². The fourth-order valence-corrected chi connectivity index (χ4v) is 1.80. The van der Waals surface area contributed by atoms with Gasteiger partial charge in [0.05, 0.1) is 5.56 Å². The molecule has 0 fully saturated rings. The summed E-state index contributed by atoms with van der Waals surface area (Å²) in [5.41, 5.74) is 6.07. The Morgan fingerprint density at radius 1 is 1.00 bits per heavy atom. The Bertz CT molecular complexity index is 590. The van der Waals surface area contributed by atoms with Gasteiger partial charge >= 0.3 is 6.18 Å². The van der Waals surface area contributed by atoms with E-state index in [1.165, 1.54) is 24.3 Å². The van der Waals surface area contributed by atoms with Gasteiger partial charge in [0.1, 0.15) is 5.82 Å². The molecule has 0 atom stereocenters. The minimum absolute atomic E-state index is 0.160. The van der Waals surface area contributed by atoms with E-state index in [-0.39, 0.29) is 12.1 Å². The molecule has 2 aromatic rings. The zero-order valence-electron chi connectivity index (χ0n) is 9.84. The van der Waals surface area contributed by atoms with Crippen LogP contribution >= 0.6 is 0 Å². The van der Waals surface area contributed by atoms with Crippen LogP contribution in [0, 0.1) is 5.82 Å². The summed E-state index contributed by atoms with van der Waals surface area (Å²) in [5.74, 6) is -0.428. The molecule has 2 N–H and O–H groups in total. The highest BCUT2D eigenvalue weighted by molar-refractivity contribution is 5.51. The molecule has 0 aromatic heterocycles. The third-order valence-electron chi connectivity index (χ3n) is 2.75. The summed E-state index contributed by atoms with van der Waals surface area (Å²) >= 11 is 0. The second kappa shape index (κ2) is 4.91. The molecule has 0 amide bonds. The minimum Gasteiger partial charge on any atom is -0.398 e. The summed E-state index contributed by atoms with van der Waals surface area (Å²) in [5, 5.41) is 0. The van der Waals surface area contributed by atoms with Gasteiger partial charge in [-0.05, 0) is 47.9 Å². The van der Waals surface area contributed by atoms with Crippen LogP contribution in [0.15, 0.2) is 42.5 Å². The molecule has 0 unspecified atom stereocenters. The smallest absolute Gasteiger partial charge is 0.398 e. The van der Waals surface area contributed by atoms with E-state index in [1.807, 2.05) is 0 Å². The van der Waals surface area contributed by atoms with Crippen LogP contribution in [0.1, 0.15) is 16.7 Å². The average Bonchev–Trinajstić information content (AvgIpc) is 2.30. The maximum Gasteiger partial charge on any atom is 0.416 e. The summed E-state index contributed by atoms with van der Waals surface area (Å²) in [4.78, 5) is 0. The van der Waals surface area contributed by atoms with Crippen molar-refractivity contribution in [3.8, 4) is 0 Å². The zero-order valence-corrected chi connectivity index (χ0v) is 9.84. The molecule has 0 saturated heterocycles. The van der Waals surface area contributed by atoms with Crippen molar-refractivity contribution in [3.63, 3.8) is 0 Å². The number of hydrogen-bond donors (Lipinski definition) is 1. The van der Waals surface area contributed by atoms with E-state index in [9.17, 15) is 17.6 Å². The number of benzene rings is 2. The topological polar surface area (TPSA) is 26.0 Å². The van der Waals surface area contributed by atoms with Crippen molar-refractivity contribution >= 4 is 5.69 Å². The number of rotatable bonds is 2. The van der Waals surface area contributed by atoms with Crippen LogP contribution in [-0.2, 0) is 12.6 Å². The fourth-order valence-electron chi connectivity index (χ4n) is 1.80. The first kappa shape index (κ1) is 13.4. The highest BCUT2D eigenvalue weighted by Crippen LogP contribution is 2.31. The third kappa shape index (κ3) is 3.24. The van der Waals surface area contributed by atoms with Gasteiger partial charge in [0, 0.05) is 5.69 Å². The van der Waals surface area contributed by atoms with Gasteiger partial charge in [0.2, 0.25) is 0 Å². The molecule has 0 radical (unpaired) electrons. The summed E-state index contributed by atoms with van der Waals surface area (Å²) in [7, 11) is 0. The quantitative estimate of drug-likeness (QED) is 0.646. The van der Waals surface area contributed by atoms with Crippen molar-refractivity contribution in [2.24, 2.45) is 0 Å². The molecular formula is C14H11F4N. The molecule has 0 aliphatic rings. The van der Waals surface area contributed by atoms with Gasteiger partial charge in [-0.15, -0.1) is 0 Å². The first-order chi connectivity index (χ1) is 8.86. The van der Waals surface area contributed by atoms with E-state index in [0.717, 1.165) is 12.1 Å². The van der Waals surface area contributed by atoms with E-state index in [4.69, 9.17) is 5.73 Å². The molecule has 0 heterocycles.